The average molecular weight is 336 g/mol. The van der Waals surface area contributed by atoms with Gasteiger partial charge < -0.3 is 4.74 Å². The Hall–Kier alpha value is -0.0200. The first-order valence-electron chi connectivity index (χ1n) is 5.12. The van der Waals surface area contributed by atoms with Gasteiger partial charge in [-0.3, -0.25) is 0 Å². The van der Waals surface area contributed by atoms with Gasteiger partial charge in [-0.2, -0.15) is 0 Å². The zero-order valence-electron chi connectivity index (χ0n) is 9.09. The monoisotopic (exact) mass is 334 g/mol. The smallest absolute Gasteiger partial charge is 0.119 e. The second-order valence-corrected chi connectivity index (χ2v) is 5.15. The van der Waals surface area contributed by atoms with Crippen LogP contribution in [0.1, 0.15) is 18.9 Å². The first-order valence-corrected chi connectivity index (χ1v) is 7.03. The lowest BCUT2D eigenvalue weighted by Crippen LogP contribution is -2.12. The Bertz CT molecular complexity index is 308. The van der Waals surface area contributed by atoms with E-state index in [9.17, 15) is 0 Å². The van der Waals surface area contributed by atoms with Gasteiger partial charge in [0.25, 0.3) is 0 Å². The summed E-state index contributed by atoms with van der Waals surface area (Å²) in [5.41, 5.74) is 1.21. The van der Waals surface area contributed by atoms with Crippen molar-refractivity contribution in [2.75, 3.05) is 11.9 Å². The van der Waals surface area contributed by atoms with Gasteiger partial charge in [-0.05, 0) is 37.1 Å². The summed E-state index contributed by atoms with van der Waals surface area (Å²) in [6.07, 6.45) is 1.14. The van der Waals surface area contributed by atoms with Gasteiger partial charge in [-0.15, -0.1) is 0 Å². The molecule has 84 valence electrons. The van der Waals surface area contributed by atoms with Crippen LogP contribution in [0.25, 0.3) is 0 Å². The first kappa shape index (κ1) is 13.0. The van der Waals surface area contributed by atoms with Crippen LogP contribution in [0.3, 0.4) is 0 Å². The third kappa shape index (κ3) is 4.15. The van der Waals surface area contributed by atoms with Gasteiger partial charge in [0.2, 0.25) is 0 Å². The Balaban J connectivity index is 2.54. The Kier molecular flexibility index (Phi) is 5.69. The molecule has 3 heteroatoms. The molecular weight excluding hydrogens is 320 g/mol. The quantitative estimate of drug-likeness (QED) is 0.717. The second-order valence-electron chi connectivity index (χ2n) is 3.65. The van der Waals surface area contributed by atoms with Crippen LogP contribution >= 0.6 is 31.9 Å². The fourth-order valence-electron chi connectivity index (χ4n) is 1.19. The van der Waals surface area contributed by atoms with Crippen LogP contribution in [0, 0.1) is 12.8 Å². The van der Waals surface area contributed by atoms with Gasteiger partial charge in [-0.25, -0.2) is 0 Å². The maximum Gasteiger partial charge on any atom is 0.119 e. The summed E-state index contributed by atoms with van der Waals surface area (Å²) < 4.78 is 6.86. The molecule has 0 spiro atoms. The molecule has 15 heavy (non-hydrogen) atoms. The van der Waals surface area contributed by atoms with Crippen molar-refractivity contribution in [1.29, 1.82) is 0 Å². The first-order chi connectivity index (χ1) is 7.17. The van der Waals surface area contributed by atoms with Crippen molar-refractivity contribution in [3.8, 4) is 5.75 Å². The van der Waals surface area contributed by atoms with E-state index in [0.29, 0.717) is 5.92 Å². The van der Waals surface area contributed by atoms with Gasteiger partial charge in [0.15, 0.2) is 0 Å². The third-order valence-electron chi connectivity index (χ3n) is 2.41. The highest BCUT2D eigenvalue weighted by molar-refractivity contribution is 9.10. The molecule has 0 aliphatic rings. The molecule has 0 amide bonds. The lowest BCUT2D eigenvalue weighted by molar-refractivity contribution is 0.260. The molecule has 1 rings (SSSR count). The van der Waals surface area contributed by atoms with Crippen molar-refractivity contribution in [3.63, 3.8) is 0 Å². The van der Waals surface area contributed by atoms with E-state index in [2.05, 4.69) is 51.8 Å². The Morgan fingerprint density at radius 1 is 1.40 bits per heavy atom. The normalized spacial score (nSPS) is 12.5. The summed E-state index contributed by atoms with van der Waals surface area (Å²) in [5, 5.41) is 0.999. The van der Waals surface area contributed by atoms with E-state index < -0.39 is 0 Å². The molecule has 0 saturated heterocycles. The van der Waals surface area contributed by atoms with E-state index in [0.717, 1.165) is 28.6 Å². The number of benzene rings is 1. The molecule has 0 aliphatic heterocycles. The van der Waals surface area contributed by atoms with Crippen LogP contribution in [0.5, 0.6) is 5.75 Å². The van der Waals surface area contributed by atoms with E-state index in [1.165, 1.54) is 5.56 Å². The fraction of sp³-hybridized carbons (Fsp3) is 0.500. The molecule has 1 aromatic rings. The van der Waals surface area contributed by atoms with Gasteiger partial charge >= 0.3 is 0 Å². The van der Waals surface area contributed by atoms with Crippen LogP contribution in [-0.2, 0) is 0 Å². The molecule has 1 atom stereocenters. The van der Waals surface area contributed by atoms with Crippen molar-refractivity contribution in [2.45, 2.75) is 20.3 Å². The minimum Gasteiger partial charge on any atom is -0.493 e. The number of alkyl halides is 1. The maximum absolute atomic E-state index is 5.73. The van der Waals surface area contributed by atoms with Gasteiger partial charge in [0.05, 0.1) is 6.61 Å². The molecule has 0 heterocycles. The van der Waals surface area contributed by atoms with E-state index in [-0.39, 0.29) is 0 Å². The van der Waals surface area contributed by atoms with E-state index in [1.807, 2.05) is 12.1 Å². The number of aryl methyl sites for hydroxylation is 1. The summed E-state index contributed by atoms with van der Waals surface area (Å²) >= 11 is 6.96. The Morgan fingerprint density at radius 2 is 2.13 bits per heavy atom. The topological polar surface area (TPSA) is 9.23 Å². The molecule has 0 radical (unpaired) electrons. The number of ether oxygens (including phenoxy) is 1. The summed E-state index contributed by atoms with van der Waals surface area (Å²) in [4.78, 5) is 0. The summed E-state index contributed by atoms with van der Waals surface area (Å²) in [5.74, 6) is 1.55. The molecule has 1 unspecified atom stereocenters. The molecule has 0 fully saturated rings. The van der Waals surface area contributed by atoms with Crippen LogP contribution in [-0.4, -0.2) is 11.9 Å². The lowest BCUT2D eigenvalue weighted by Gasteiger charge is -2.13. The third-order valence-corrected chi connectivity index (χ3v) is 4.22. The summed E-state index contributed by atoms with van der Waals surface area (Å²) in [6, 6.07) is 6.09. The van der Waals surface area contributed by atoms with Gasteiger partial charge in [0.1, 0.15) is 5.75 Å². The molecule has 0 saturated carbocycles. The minimum atomic E-state index is 0.592. The zero-order chi connectivity index (χ0) is 11.3. The highest BCUT2D eigenvalue weighted by atomic mass is 79.9. The Morgan fingerprint density at radius 3 is 2.67 bits per heavy atom. The predicted octanol–water partition coefficient (Wildman–Crippen LogP) is 4.56. The van der Waals surface area contributed by atoms with E-state index >= 15 is 0 Å². The zero-order valence-corrected chi connectivity index (χ0v) is 12.3. The molecule has 1 aromatic carbocycles. The van der Waals surface area contributed by atoms with Crippen molar-refractivity contribution in [1.82, 2.24) is 0 Å². The number of rotatable bonds is 5. The second kappa shape index (κ2) is 6.54. The molecular formula is C12H16Br2O. The van der Waals surface area contributed by atoms with Crippen LogP contribution in [0.15, 0.2) is 22.7 Å². The molecule has 0 N–H and O–H groups in total. The van der Waals surface area contributed by atoms with Crippen molar-refractivity contribution >= 4 is 31.9 Å². The number of halogens is 2. The highest BCUT2D eigenvalue weighted by Crippen LogP contribution is 2.22. The van der Waals surface area contributed by atoms with Crippen molar-refractivity contribution in [3.05, 3.63) is 28.2 Å². The van der Waals surface area contributed by atoms with Crippen LogP contribution in [0.4, 0.5) is 0 Å². The number of hydrogen-bond acceptors (Lipinski definition) is 1. The fourth-order valence-corrected chi connectivity index (χ4v) is 2.08. The van der Waals surface area contributed by atoms with E-state index in [4.69, 9.17) is 4.74 Å². The Labute approximate surface area is 108 Å². The van der Waals surface area contributed by atoms with Crippen molar-refractivity contribution < 1.29 is 4.74 Å². The van der Waals surface area contributed by atoms with Crippen molar-refractivity contribution in [2.24, 2.45) is 5.92 Å². The largest absolute Gasteiger partial charge is 0.493 e. The highest BCUT2D eigenvalue weighted by Gasteiger charge is 2.05. The SMILES string of the molecule is CCC(CBr)COc1ccc(Br)c(C)c1. The van der Waals surface area contributed by atoms with E-state index in [1.54, 1.807) is 0 Å². The predicted molar refractivity (Wildman–Crippen MR) is 71.9 cm³/mol. The maximum atomic E-state index is 5.73. The van der Waals surface area contributed by atoms with Gasteiger partial charge in [-0.1, -0.05) is 38.8 Å². The molecule has 0 bridgehead atoms. The molecule has 0 aromatic heterocycles. The molecule has 1 nitrogen and oxygen atoms in total. The summed E-state index contributed by atoms with van der Waals surface area (Å²) in [7, 11) is 0. The minimum absolute atomic E-state index is 0.592. The standard InChI is InChI=1S/C12H16Br2O/c1-3-10(7-13)8-15-11-4-5-12(14)9(2)6-11/h4-6,10H,3,7-8H2,1-2H3. The summed E-state index contributed by atoms with van der Waals surface area (Å²) in [6.45, 7) is 5.03. The number of hydrogen-bond donors (Lipinski definition) is 0. The van der Waals surface area contributed by atoms with Gasteiger partial charge in [0, 0.05) is 15.7 Å². The average Bonchev–Trinajstić information content (AvgIpc) is 2.24. The van der Waals surface area contributed by atoms with Crippen LogP contribution in [0.2, 0.25) is 0 Å². The van der Waals surface area contributed by atoms with Crippen LogP contribution < -0.4 is 4.74 Å². The lowest BCUT2D eigenvalue weighted by atomic mass is 10.1. The molecule has 0 aliphatic carbocycles.